The van der Waals surface area contributed by atoms with Crippen molar-refractivity contribution in [3.05, 3.63) is 99.4 Å². The molecule has 0 saturated carbocycles. The van der Waals surface area contributed by atoms with Gasteiger partial charge in [-0.05, 0) is 72.7 Å². The zero-order chi connectivity index (χ0) is 24.5. The Morgan fingerprint density at radius 3 is 2.41 bits per heavy atom. The van der Waals surface area contributed by atoms with Crippen LogP contribution in [0.15, 0.2) is 72.3 Å². The van der Waals surface area contributed by atoms with E-state index >= 15 is 0 Å². The summed E-state index contributed by atoms with van der Waals surface area (Å²) in [5, 5.41) is 22.8. The summed E-state index contributed by atoms with van der Waals surface area (Å²) in [6, 6.07) is 18.0. The Labute approximate surface area is 195 Å². The Balaban J connectivity index is 1.75. The number of halogens is 1. The van der Waals surface area contributed by atoms with Crippen molar-refractivity contribution < 1.29 is 23.6 Å². The van der Waals surface area contributed by atoms with Gasteiger partial charge in [0.2, 0.25) is 0 Å². The maximum Gasteiger partial charge on any atom is 0.269 e. The van der Waals surface area contributed by atoms with Gasteiger partial charge in [-0.1, -0.05) is 6.07 Å². The van der Waals surface area contributed by atoms with Gasteiger partial charge in [0.25, 0.3) is 11.6 Å². The Morgan fingerprint density at radius 1 is 1.09 bits per heavy atom. The number of carbonyl (C=O) groups excluding carboxylic acids is 1. The molecule has 0 fully saturated rings. The summed E-state index contributed by atoms with van der Waals surface area (Å²) in [5.74, 6) is -0.222. The molecule has 0 aliphatic carbocycles. The number of hydrogen-bond acceptors (Lipinski definition) is 6. The molecule has 3 aromatic rings. The Kier molecular flexibility index (Phi) is 7.92. The number of hydrogen-bond donors (Lipinski definition) is 1. The standard InChI is InChI=1S/C25H20FN3O5/c1-2-33-24-14-18(13-19(15-27)25(30)28-21-8-6-20(26)7-9-21)5-12-23(24)34-16-17-3-10-22(11-4-17)29(31)32/h3-14H,2,16H2,1H3,(H,28,30)/b19-13-. The van der Waals surface area contributed by atoms with Crippen LogP contribution in [0.2, 0.25) is 0 Å². The van der Waals surface area contributed by atoms with Crippen LogP contribution in [0.4, 0.5) is 15.8 Å². The molecule has 8 nitrogen and oxygen atoms in total. The molecule has 3 aromatic carbocycles. The molecule has 3 rings (SSSR count). The second kappa shape index (κ2) is 11.2. The van der Waals surface area contributed by atoms with Crippen LogP contribution in [0.5, 0.6) is 11.5 Å². The SMILES string of the molecule is CCOc1cc(/C=C(/C#N)C(=O)Nc2ccc(F)cc2)ccc1OCc1ccc([N+](=O)[O-])cc1. The first-order valence-corrected chi connectivity index (χ1v) is 10.2. The van der Waals surface area contributed by atoms with Crippen LogP contribution >= 0.6 is 0 Å². The number of amides is 1. The summed E-state index contributed by atoms with van der Waals surface area (Å²) in [4.78, 5) is 22.7. The molecule has 172 valence electrons. The molecule has 0 bridgehead atoms. The van der Waals surface area contributed by atoms with E-state index in [0.717, 1.165) is 5.56 Å². The second-order valence-electron chi connectivity index (χ2n) is 6.98. The molecule has 9 heteroatoms. The van der Waals surface area contributed by atoms with E-state index in [1.807, 2.05) is 6.07 Å². The Morgan fingerprint density at radius 2 is 1.79 bits per heavy atom. The number of rotatable bonds is 9. The molecule has 0 aromatic heterocycles. The first-order valence-electron chi connectivity index (χ1n) is 10.2. The molecule has 0 saturated heterocycles. The van der Waals surface area contributed by atoms with Gasteiger partial charge in [0.1, 0.15) is 24.1 Å². The lowest BCUT2D eigenvalue weighted by molar-refractivity contribution is -0.384. The van der Waals surface area contributed by atoms with E-state index < -0.39 is 16.6 Å². The fourth-order valence-electron chi connectivity index (χ4n) is 2.92. The minimum absolute atomic E-state index is 0.00772. The molecule has 0 atom stereocenters. The predicted octanol–water partition coefficient (Wildman–Crippen LogP) is 5.26. The highest BCUT2D eigenvalue weighted by molar-refractivity contribution is 6.09. The monoisotopic (exact) mass is 461 g/mol. The van der Waals surface area contributed by atoms with Crippen molar-refractivity contribution in [2.24, 2.45) is 0 Å². The van der Waals surface area contributed by atoms with Crippen molar-refractivity contribution in [3.8, 4) is 17.6 Å². The van der Waals surface area contributed by atoms with E-state index in [1.165, 1.54) is 42.5 Å². The summed E-state index contributed by atoms with van der Waals surface area (Å²) in [6.07, 6.45) is 1.40. The van der Waals surface area contributed by atoms with Gasteiger partial charge in [0.15, 0.2) is 11.5 Å². The number of nitrogens with zero attached hydrogens (tertiary/aromatic N) is 2. The fourth-order valence-corrected chi connectivity index (χ4v) is 2.92. The van der Waals surface area contributed by atoms with Crippen molar-refractivity contribution in [3.63, 3.8) is 0 Å². The molecule has 0 heterocycles. The lowest BCUT2D eigenvalue weighted by Gasteiger charge is -2.13. The van der Waals surface area contributed by atoms with Crippen molar-refractivity contribution in [1.29, 1.82) is 5.26 Å². The van der Waals surface area contributed by atoms with Gasteiger partial charge in [-0.15, -0.1) is 0 Å². The summed E-state index contributed by atoms with van der Waals surface area (Å²) in [7, 11) is 0. The average molecular weight is 461 g/mol. The van der Waals surface area contributed by atoms with Gasteiger partial charge in [0, 0.05) is 17.8 Å². The first kappa shape index (κ1) is 23.9. The minimum Gasteiger partial charge on any atom is -0.490 e. The zero-order valence-electron chi connectivity index (χ0n) is 18.2. The Hall–Kier alpha value is -4.71. The third-order valence-corrected chi connectivity index (χ3v) is 4.59. The molecule has 0 aliphatic rings. The predicted molar refractivity (Wildman–Crippen MR) is 124 cm³/mol. The molecular weight excluding hydrogens is 441 g/mol. The van der Waals surface area contributed by atoms with Gasteiger partial charge in [0.05, 0.1) is 11.5 Å². The normalized spacial score (nSPS) is 10.8. The van der Waals surface area contributed by atoms with Crippen LogP contribution in [-0.2, 0) is 11.4 Å². The van der Waals surface area contributed by atoms with Crippen LogP contribution in [-0.4, -0.2) is 17.4 Å². The van der Waals surface area contributed by atoms with Crippen molar-refractivity contribution in [2.45, 2.75) is 13.5 Å². The van der Waals surface area contributed by atoms with E-state index in [4.69, 9.17) is 9.47 Å². The smallest absolute Gasteiger partial charge is 0.269 e. The van der Waals surface area contributed by atoms with Crippen molar-refractivity contribution in [1.82, 2.24) is 0 Å². The molecule has 0 unspecified atom stereocenters. The molecule has 1 N–H and O–H groups in total. The van der Waals surface area contributed by atoms with Crippen LogP contribution in [0, 0.1) is 27.3 Å². The number of nitriles is 1. The highest BCUT2D eigenvalue weighted by Gasteiger charge is 2.12. The third kappa shape index (κ3) is 6.40. The summed E-state index contributed by atoms with van der Waals surface area (Å²) >= 11 is 0. The number of benzene rings is 3. The second-order valence-corrected chi connectivity index (χ2v) is 6.98. The van der Waals surface area contributed by atoms with Crippen LogP contribution in [0.25, 0.3) is 6.08 Å². The third-order valence-electron chi connectivity index (χ3n) is 4.59. The first-order chi connectivity index (χ1) is 16.4. The number of anilines is 1. The van der Waals surface area contributed by atoms with E-state index in [0.29, 0.717) is 29.4 Å². The number of nitro benzene ring substituents is 1. The number of ether oxygens (including phenoxy) is 2. The topological polar surface area (TPSA) is 114 Å². The van der Waals surface area contributed by atoms with Gasteiger partial charge in [-0.25, -0.2) is 4.39 Å². The maximum absolute atomic E-state index is 13.0. The van der Waals surface area contributed by atoms with Crippen LogP contribution < -0.4 is 14.8 Å². The highest BCUT2D eigenvalue weighted by atomic mass is 19.1. The van der Waals surface area contributed by atoms with Gasteiger partial charge < -0.3 is 14.8 Å². The minimum atomic E-state index is -0.634. The van der Waals surface area contributed by atoms with E-state index in [9.17, 15) is 24.6 Å². The molecule has 1 amide bonds. The summed E-state index contributed by atoms with van der Waals surface area (Å²) in [6.45, 7) is 2.33. The van der Waals surface area contributed by atoms with Gasteiger partial charge >= 0.3 is 0 Å². The number of nitrogens with one attached hydrogen (secondary N) is 1. The number of carbonyl (C=O) groups is 1. The average Bonchev–Trinajstić information content (AvgIpc) is 2.83. The summed E-state index contributed by atoms with van der Waals surface area (Å²) < 4.78 is 24.5. The van der Waals surface area contributed by atoms with Crippen LogP contribution in [0.3, 0.4) is 0 Å². The van der Waals surface area contributed by atoms with E-state index in [1.54, 1.807) is 37.3 Å². The fraction of sp³-hybridized carbons (Fsp3) is 0.120. The molecule has 0 radical (unpaired) electrons. The van der Waals surface area contributed by atoms with Gasteiger partial charge in [-0.2, -0.15) is 5.26 Å². The molecule has 0 aliphatic heterocycles. The lowest BCUT2D eigenvalue weighted by Crippen LogP contribution is -2.13. The van der Waals surface area contributed by atoms with E-state index in [2.05, 4.69) is 5.32 Å². The lowest BCUT2D eigenvalue weighted by atomic mass is 10.1. The zero-order valence-corrected chi connectivity index (χ0v) is 18.2. The maximum atomic E-state index is 13.0. The molecule has 34 heavy (non-hydrogen) atoms. The quantitative estimate of drug-likeness (QED) is 0.201. The number of non-ortho nitro benzene ring substituents is 1. The Bertz CT molecular complexity index is 1250. The summed E-state index contributed by atoms with van der Waals surface area (Å²) in [5.41, 5.74) is 1.48. The van der Waals surface area contributed by atoms with Crippen molar-refractivity contribution in [2.75, 3.05) is 11.9 Å². The molecule has 0 spiro atoms. The van der Waals surface area contributed by atoms with E-state index in [-0.39, 0.29) is 17.9 Å². The highest BCUT2D eigenvalue weighted by Crippen LogP contribution is 2.30. The largest absolute Gasteiger partial charge is 0.490 e. The van der Waals surface area contributed by atoms with Gasteiger partial charge in [-0.3, -0.25) is 14.9 Å². The van der Waals surface area contributed by atoms with Crippen molar-refractivity contribution >= 4 is 23.4 Å². The number of nitro groups is 1. The molecular formula is C25H20FN3O5. The van der Waals surface area contributed by atoms with Crippen LogP contribution in [0.1, 0.15) is 18.1 Å².